The van der Waals surface area contributed by atoms with Crippen molar-refractivity contribution < 1.29 is 4.92 Å². The van der Waals surface area contributed by atoms with E-state index in [1.165, 1.54) is 12.1 Å². The first-order valence-corrected chi connectivity index (χ1v) is 5.32. The van der Waals surface area contributed by atoms with Crippen LogP contribution in [0.4, 0.5) is 5.69 Å². The van der Waals surface area contributed by atoms with Crippen LogP contribution in [0.1, 0.15) is 0 Å². The van der Waals surface area contributed by atoms with Crippen LogP contribution in [0.3, 0.4) is 0 Å². The minimum atomic E-state index is -0.444. The molecule has 7 heteroatoms. The smallest absolute Gasteiger partial charge is 0.258 e. The highest BCUT2D eigenvalue weighted by molar-refractivity contribution is 8.02. The largest absolute Gasteiger partial charge is 0.270 e. The monoisotopic (exact) mass is 234 g/mol. The lowest BCUT2D eigenvalue weighted by molar-refractivity contribution is -0.384. The maximum absolute atomic E-state index is 10.6. The van der Waals surface area contributed by atoms with Crippen molar-refractivity contribution in [3.05, 3.63) is 34.5 Å². The fourth-order valence-electron chi connectivity index (χ4n) is 1.38. The highest BCUT2D eigenvalue weighted by atomic mass is 32.2. The molecule has 0 aliphatic carbocycles. The van der Waals surface area contributed by atoms with Gasteiger partial charge in [0.2, 0.25) is 0 Å². The van der Waals surface area contributed by atoms with Crippen LogP contribution in [-0.4, -0.2) is 14.7 Å². The highest BCUT2D eigenvalue weighted by Gasteiger charge is 2.09. The molecule has 1 heterocycles. The molecule has 6 nitrogen and oxygen atoms in total. The summed E-state index contributed by atoms with van der Waals surface area (Å²) < 4.78 is 1.63. The van der Waals surface area contributed by atoms with Gasteiger partial charge in [0.05, 0.1) is 16.6 Å². The van der Waals surface area contributed by atoms with E-state index >= 15 is 0 Å². The Bertz CT molecular complexity index is 587. The van der Waals surface area contributed by atoms with Crippen LogP contribution >= 0.6 is 11.8 Å². The fourth-order valence-corrected chi connectivity index (χ4v) is 1.77. The SMILES string of the molecule is N#CSCn1ncc2cc([N+](=O)[O-])ccc21. The second-order valence-corrected chi connectivity index (χ2v) is 3.74. The molecule has 0 aliphatic heterocycles. The Kier molecular flexibility index (Phi) is 2.74. The maximum Gasteiger partial charge on any atom is 0.270 e. The van der Waals surface area contributed by atoms with Gasteiger partial charge in [-0.3, -0.25) is 14.8 Å². The number of rotatable bonds is 3. The molecule has 0 bridgehead atoms. The number of thiocyanates is 1. The van der Waals surface area contributed by atoms with Crippen molar-refractivity contribution in [3.63, 3.8) is 0 Å². The zero-order valence-corrected chi connectivity index (χ0v) is 8.85. The van der Waals surface area contributed by atoms with Gasteiger partial charge < -0.3 is 0 Å². The lowest BCUT2D eigenvalue weighted by atomic mass is 10.2. The van der Waals surface area contributed by atoms with E-state index in [0.717, 1.165) is 17.3 Å². The third kappa shape index (κ3) is 1.83. The molecule has 0 aliphatic rings. The lowest BCUT2D eigenvalue weighted by Crippen LogP contribution is -1.95. The van der Waals surface area contributed by atoms with E-state index in [1.54, 1.807) is 16.9 Å². The van der Waals surface area contributed by atoms with Crippen LogP contribution in [0, 0.1) is 20.8 Å². The summed E-state index contributed by atoms with van der Waals surface area (Å²) in [5, 5.41) is 25.7. The second kappa shape index (κ2) is 4.20. The van der Waals surface area contributed by atoms with Gasteiger partial charge in [0.1, 0.15) is 11.3 Å². The van der Waals surface area contributed by atoms with E-state index in [4.69, 9.17) is 5.26 Å². The minimum Gasteiger partial charge on any atom is -0.258 e. The summed E-state index contributed by atoms with van der Waals surface area (Å²) in [7, 11) is 0. The van der Waals surface area contributed by atoms with Crippen molar-refractivity contribution in [2.45, 2.75) is 5.88 Å². The van der Waals surface area contributed by atoms with Crippen LogP contribution in [0.2, 0.25) is 0 Å². The molecule has 0 unspecified atom stereocenters. The zero-order valence-electron chi connectivity index (χ0n) is 8.03. The van der Waals surface area contributed by atoms with Crippen LogP contribution < -0.4 is 0 Å². The number of thioether (sulfide) groups is 1. The van der Waals surface area contributed by atoms with Gasteiger partial charge in [-0.1, -0.05) is 0 Å². The van der Waals surface area contributed by atoms with Crippen LogP contribution in [0.15, 0.2) is 24.4 Å². The number of non-ortho nitro benzene ring substituents is 1. The average molecular weight is 234 g/mol. The van der Waals surface area contributed by atoms with Crippen molar-refractivity contribution in [3.8, 4) is 5.40 Å². The van der Waals surface area contributed by atoms with Gasteiger partial charge in [-0.25, -0.2) is 0 Å². The van der Waals surface area contributed by atoms with E-state index in [-0.39, 0.29) is 5.69 Å². The van der Waals surface area contributed by atoms with Crippen molar-refractivity contribution in [2.24, 2.45) is 0 Å². The quantitative estimate of drug-likeness (QED) is 0.461. The Morgan fingerprint density at radius 2 is 2.44 bits per heavy atom. The lowest BCUT2D eigenvalue weighted by Gasteiger charge is -1.98. The molecule has 1 aromatic carbocycles. The molecule has 16 heavy (non-hydrogen) atoms. The average Bonchev–Trinajstić information content (AvgIpc) is 2.68. The Morgan fingerprint density at radius 3 is 3.12 bits per heavy atom. The van der Waals surface area contributed by atoms with E-state index in [9.17, 15) is 10.1 Å². The molecular formula is C9H6N4O2S. The number of fused-ring (bicyclic) bond motifs is 1. The summed E-state index contributed by atoms with van der Waals surface area (Å²) in [6, 6.07) is 4.53. The Hall–Kier alpha value is -2.07. The van der Waals surface area contributed by atoms with Gasteiger partial charge in [-0.05, 0) is 17.8 Å². The third-order valence-electron chi connectivity index (χ3n) is 2.09. The molecule has 2 rings (SSSR count). The normalized spacial score (nSPS) is 10.2. The molecule has 1 aromatic heterocycles. The molecule has 0 atom stereocenters. The summed E-state index contributed by atoms with van der Waals surface area (Å²) in [4.78, 5) is 10.1. The van der Waals surface area contributed by atoms with Crippen molar-refractivity contribution in [1.82, 2.24) is 9.78 Å². The summed E-state index contributed by atoms with van der Waals surface area (Å²) in [6.07, 6.45) is 1.56. The number of nitro groups is 1. The van der Waals surface area contributed by atoms with E-state index < -0.39 is 4.92 Å². The predicted molar refractivity (Wildman–Crippen MR) is 59.6 cm³/mol. The fraction of sp³-hybridized carbons (Fsp3) is 0.111. The number of hydrogen-bond donors (Lipinski definition) is 0. The van der Waals surface area contributed by atoms with Gasteiger partial charge in [0.25, 0.3) is 5.69 Å². The van der Waals surface area contributed by atoms with Gasteiger partial charge in [-0.2, -0.15) is 10.4 Å². The first kappa shape index (κ1) is 10.4. The van der Waals surface area contributed by atoms with Gasteiger partial charge in [0.15, 0.2) is 0 Å². The summed E-state index contributed by atoms with van der Waals surface area (Å²) >= 11 is 1.06. The summed E-state index contributed by atoms with van der Waals surface area (Å²) in [5.41, 5.74) is 0.827. The standard InChI is InChI=1S/C9H6N4O2S/c10-5-16-6-12-9-2-1-8(13(14)15)3-7(9)4-11-12/h1-4H,6H2. The number of aromatic nitrogens is 2. The Balaban J connectivity index is 2.43. The van der Waals surface area contributed by atoms with Gasteiger partial charge >= 0.3 is 0 Å². The van der Waals surface area contributed by atoms with Crippen molar-refractivity contribution >= 4 is 28.4 Å². The Morgan fingerprint density at radius 1 is 1.62 bits per heavy atom. The summed E-state index contributed by atoms with van der Waals surface area (Å²) in [6.45, 7) is 0. The molecular weight excluding hydrogens is 228 g/mol. The van der Waals surface area contributed by atoms with Crippen LogP contribution in [0.25, 0.3) is 10.9 Å². The van der Waals surface area contributed by atoms with E-state index in [2.05, 4.69) is 5.10 Å². The van der Waals surface area contributed by atoms with Gasteiger partial charge in [-0.15, -0.1) is 0 Å². The first-order valence-electron chi connectivity index (χ1n) is 4.33. The molecule has 0 saturated carbocycles. The van der Waals surface area contributed by atoms with Crippen LogP contribution in [0.5, 0.6) is 0 Å². The molecule has 2 aromatic rings. The predicted octanol–water partition coefficient (Wildman–Crippen LogP) is 2.12. The number of hydrogen-bond acceptors (Lipinski definition) is 5. The molecule has 0 amide bonds. The molecule has 0 spiro atoms. The maximum atomic E-state index is 10.6. The van der Waals surface area contributed by atoms with E-state index in [1.807, 2.05) is 5.40 Å². The number of nitrogens with zero attached hydrogens (tertiary/aromatic N) is 4. The Labute approximate surface area is 94.6 Å². The molecule has 0 fully saturated rings. The topological polar surface area (TPSA) is 84.8 Å². The molecule has 0 radical (unpaired) electrons. The summed E-state index contributed by atoms with van der Waals surface area (Å²) in [5.74, 6) is 0.414. The number of nitriles is 1. The zero-order chi connectivity index (χ0) is 11.5. The highest BCUT2D eigenvalue weighted by Crippen LogP contribution is 2.21. The van der Waals surface area contributed by atoms with Gasteiger partial charge in [0, 0.05) is 17.5 Å². The molecule has 0 saturated heterocycles. The number of nitro benzene ring substituents is 1. The third-order valence-corrected chi connectivity index (χ3v) is 2.59. The second-order valence-electron chi connectivity index (χ2n) is 3.01. The number of benzene rings is 1. The molecule has 0 N–H and O–H groups in total. The minimum absolute atomic E-state index is 0.0417. The van der Waals surface area contributed by atoms with Crippen molar-refractivity contribution in [2.75, 3.05) is 0 Å². The van der Waals surface area contributed by atoms with Crippen LogP contribution in [-0.2, 0) is 5.88 Å². The first-order chi connectivity index (χ1) is 7.72. The molecule has 80 valence electrons. The van der Waals surface area contributed by atoms with E-state index in [0.29, 0.717) is 11.3 Å². The van der Waals surface area contributed by atoms with Crippen molar-refractivity contribution in [1.29, 1.82) is 5.26 Å².